The highest BCUT2D eigenvalue weighted by Crippen LogP contribution is 2.12. The Morgan fingerprint density at radius 1 is 0.703 bits per heavy atom. The molecule has 192 valence electrons. The molecule has 0 radical (unpaired) electrons. The van der Waals surface area contributed by atoms with E-state index in [0.29, 0.717) is 16.7 Å². The molecule has 8 heteroatoms. The molecule has 8 nitrogen and oxygen atoms in total. The summed E-state index contributed by atoms with van der Waals surface area (Å²) in [5.41, 5.74) is 1.81. The minimum atomic E-state index is -0.442. The normalized spacial score (nSPS) is 10.1. The summed E-state index contributed by atoms with van der Waals surface area (Å²) in [5.74, 6) is -1.49. The molecule has 2 aromatic carbocycles. The van der Waals surface area contributed by atoms with Crippen LogP contribution >= 0.6 is 0 Å². The van der Waals surface area contributed by atoms with Crippen molar-refractivity contribution in [3.05, 3.63) is 109 Å². The van der Waals surface area contributed by atoms with Crippen LogP contribution in [0, 0.1) is 0 Å². The van der Waals surface area contributed by atoms with Crippen LogP contribution in [0.5, 0.6) is 0 Å². The Balaban J connectivity index is 1.98. The van der Waals surface area contributed by atoms with E-state index in [4.69, 9.17) is 0 Å². The molecule has 0 heterocycles. The van der Waals surface area contributed by atoms with Crippen LogP contribution in [-0.2, 0) is 25.6 Å². The maximum absolute atomic E-state index is 12.7. The molecule has 37 heavy (non-hydrogen) atoms. The lowest BCUT2D eigenvalue weighted by molar-refractivity contribution is -0.132. The lowest BCUT2D eigenvalue weighted by atomic mass is 10.0. The minimum absolute atomic E-state index is 0.0730. The second-order valence-electron chi connectivity index (χ2n) is 8.10. The Morgan fingerprint density at radius 2 is 1.27 bits per heavy atom. The quantitative estimate of drug-likeness (QED) is 0.298. The number of nitrogens with one attached hydrogen (secondary N) is 1. The third-order valence-electron chi connectivity index (χ3n) is 5.50. The maximum Gasteiger partial charge on any atom is 0.246 e. The summed E-state index contributed by atoms with van der Waals surface area (Å²) in [7, 11) is 0. The van der Waals surface area contributed by atoms with E-state index in [0.717, 1.165) is 18.2 Å². The average Bonchev–Trinajstić information content (AvgIpc) is 2.93. The molecule has 0 bridgehead atoms. The van der Waals surface area contributed by atoms with Crippen LogP contribution in [-0.4, -0.2) is 71.8 Å². The van der Waals surface area contributed by atoms with Crippen LogP contribution < -0.4 is 5.32 Å². The molecule has 2 rings (SSSR count). The van der Waals surface area contributed by atoms with Crippen molar-refractivity contribution in [2.75, 3.05) is 32.7 Å². The predicted octanol–water partition coefficient (Wildman–Crippen LogP) is 2.36. The molecular weight excluding hydrogens is 470 g/mol. The summed E-state index contributed by atoms with van der Waals surface area (Å²) >= 11 is 0. The first-order valence-corrected chi connectivity index (χ1v) is 11.7. The molecular formula is C29H31N3O5. The van der Waals surface area contributed by atoms with Crippen LogP contribution in [0.2, 0.25) is 0 Å². The summed E-state index contributed by atoms with van der Waals surface area (Å²) < 4.78 is 0. The topological polar surface area (TPSA) is 104 Å². The molecule has 0 spiro atoms. The van der Waals surface area contributed by atoms with E-state index >= 15 is 0 Å². The number of amides is 3. The van der Waals surface area contributed by atoms with Gasteiger partial charge in [-0.3, -0.25) is 24.0 Å². The molecule has 0 aliphatic heterocycles. The van der Waals surface area contributed by atoms with Crippen LogP contribution in [0.25, 0.3) is 0 Å². The van der Waals surface area contributed by atoms with Crippen LogP contribution in [0.1, 0.15) is 21.5 Å². The maximum atomic E-state index is 12.7. The van der Waals surface area contributed by atoms with E-state index in [1.807, 2.05) is 6.07 Å². The van der Waals surface area contributed by atoms with Gasteiger partial charge in [-0.2, -0.15) is 0 Å². The van der Waals surface area contributed by atoms with Crippen molar-refractivity contribution in [3.8, 4) is 0 Å². The Labute approximate surface area is 217 Å². The van der Waals surface area contributed by atoms with Gasteiger partial charge in [0, 0.05) is 43.7 Å². The number of carbonyl (C=O) groups excluding carboxylic acids is 5. The van der Waals surface area contributed by atoms with Crippen LogP contribution in [0.4, 0.5) is 0 Å². The van der Waals surface area contributed by atoms with Gasteiger partial charge in [0.15, 0.2) is 11.6 Å². The van der Waals surface area contributed by atoms with Gasteiger partial charge in [-0.25, -0.2) is 0 Å². The smallest absolute Gasteiger partial charge is 0.246 e. The molecule has 3 amide bonds. The summed E-state index contributed by atoms with van der Waals surface area (Å²) in [6.07, 6.45) is 3.46. The number of rotatable bonds is 15. The third-order valence-corrected chi connectivity index (χ3v) is 5.50. The van der Waals surface area contributed by atoms with E-state index < -0.39 is 5.91 Å². The molecule has 0 aliphatic carbocycles. The van der Waals surface area contributed by atoms with E-state index in [1.54, 1.807) is 48.5 Å². The highest BCUT2D eigenvalue weighted by atomic mass is 16.2. The molecule has 0 unspecified atom stereocenters. The number of hydrogen-bond acceptors (Lipinski definition) is 5. The first-order valence-electron chi connectivity index (χ1n) is 11.7. The number of carbonyl (C=O) groups is 5. The summed E-state index contributed by atoms with van der Waals surface area (Å²) in [6.45, 7) is 10.8. The van der Waals surface area contributed by atoms with Crippen molar-refractivity contribution in [1.82, 2.24) is 15.1 Å². The first kappa shape index (κ1) is 28.6. The lowest BCUT2D eigenvalue weighted by Crippen LogP contribution is -2.44. The van der Waals surface area contributed by atoms with Gasteiger partial charge in [-0.15, -0.1) is 0 Å². The minimum Gasteiger partial charge on any atom is -0.351 e. The summed E-state index contributed by atoms with van der Waals surface area (Å²) in [6, 6.07) is 15.7. The fourth-order valence-electron chi connectivity index (χ4n) is 3.51. The van der Waals surface area contributed by atoms with Gasteiger partial charge in [0.1, 0.15) is 0 Å². The van der Waals surface area contributed by atoms with Gasteiger partial charge < -0.3 is 15.1 Å². The molecule has 0 atom stereocenters. The summed E-state index contributed by atoms with van der Waals surface area (Å²) in [4.78, 5) is 64.0. The second kappa shape index (κ2) is 14.7. The van der Waals surface area contributed by atoms with Crippen molar-refractivity contribution in [1.29, 1.82) is 0 Å². The Morgan fingerprint density at radius 3 is 1.86 bits per heavy atom. The second-order valence-corrected chi connectivity index (χ2v) is 8.10. The molecule has 0 saturated heterocycles. The SMILES string of the molecule is C=CC(=O)NCCN(CCN(CC(=O)Cc1ccc(C(=O)c2ccccc2)cc1)C(=O)C=C)C(=O)C=C. The fourth-order valence-corrected chi connectivity index (χ4v) is 3.51. The largest absolute Gasteiger partial charge is 0.351 e. The van der Waals surface area contributed by atoms with Gasteiger partial charge in [-0.05, 0) is 23.8 Å². The zero-order chi connectivity index (χ0) is 27.2. The predicted molar refractivity (Wildman–Crippen MR) is 142 cm³/mol. The zero-order valence-corrected chi connectivity index (χ0v) is 20.7. The Kier molecular flexibility index (Phi) is 11.4. The molecule has 2 aromatic rings. The van der Waals surface area contributed by atoms with E-state index in [-0.39, 0.29) is 62.5 Å². The molecule has 0 saturated carbocycles. The van der Waals surface area contributed by atoms with E-state index in [2.05, 4.69) is 25.1 Å². The van der Waals surface area contributed by atoms with Crippen molar-refractivity contribution < 1.29 is 24.0 Å². The fraction of sp³-hybridized carbons (Fsp3) is 0.207. The van der Waals surface area contributed by atoms with Gasteiger partial charge in [0.2, 0.25) is 17.7 Å². The Bertz CT molecular complexity index is 1160. The van der Waals surface area contributed by atoms with E-state index in [9.17, 15) is 24.0 Å². The van der Waals surface area contributed by atoms with Crippen molar-refractivity contribution in [2.45, 2.75) is 6.42 Å². The standard InChI is InChI=1S/C29H31N3O5/c1-4-26(34)30-16-17-31(27(35)5-2)18-19-32(28(36)6-3)21-25(33)20-22-12-14-24(15-13-22)29(37)23-10-8-7-9-11-23/h4-15H,1-3,16-21H2,(H,30,34). The lowest BCUT2D eigenvalue weighted by Gasteiger charge is -2.26. The summed E-state index contributed by atoms with van der Waals surface area (Å²) in [5, 5.41) is 2.59. The van der Waals surface area contributed by atoms with Crippen LogP contribution in [0.3, 0.4) is 0 Å². The van der Waals surface area contributed by atoms with Crippen molar-refractivity contribution >= 4 is 29.3 Å². The molecule has 0 aromatic heterocycles. The number of nitrogens with zero attached hydrogens (tertiary/aromatic N) is 2. The number of Topliss-reactive ketones (excluding diaryl/α,β-unsaturated/α-hetero) is 1. The molecule has 0 aliphatic rings. The first-order chi connectivity index (χ1) is 17.8. The van der Waals surface area contributed by atoms with E-state index in [1.165, 1.54) is 9.80 Å². The highest BCUT2D eigenvalue weighted by Gasteiger charge is 2.18. The Hall–Kier alpha value is -4.59. The zero-order valence-electron chi connectivity index (χ0n) is 20.7. The van der Waals surface area contributed by atoms with Gasteiger partial charge in [-0.1, -0.05) is 74.3 Å². The van der Waals surface area contributed by atoms with Crippen molar-refractivity contribution in [2.24, 2.45) is 0 Å². The number of ketones is 2. The highest BCUT2D eigenvalue weighted by molar-refractivity contribution is 6.09. The number of benzene rings is 2. The monoisotopic (exact) mass is 501 g/mol. The van der Waals surface area contributed by atoms with Gasteiger partial charge >= 0.3 is 0 Å². The average molecular weight is 502 g/mol. The van der Waals surface area contributed by atoms with Crippen LogP contribution in [0.15, 0.2) is 92.6 Å². The van der Waals surface area contributed by atoms with Gasteiger partial charge in [0.05, 0.1) is 6.54 Å². The molecule has 0 fully saturated rings. The third kappa shape index (κ3) is 9.18. The molecule has 1 N–H and O–H groups in total. The number of hydrogen-bond donors (Lipinski definition) is 1. The van der Waals surface area contributed by atoms with Crippen molar-refractivity contribution in [3.63, 3.8) is 0 Å². The van der Waals surface area contributed by atoms with Gasteiger partial charge in [0.25, 0.3) is 0 Å².